The lowest BCUT2D eigenvalue weighted by Gasteiger charge is -2.15. The van der Waals surface area contributed by atoms with E-state index in [-0.39, 0.29) is 0 Å². The molecule has 0 saturated heterocycles. The molecule has 0 amide bonds. The fraction of sp³-hybridized carbons (Fsp3) is 0.375. The second-order valence-corrected chi connectivity index (χ2v) is 5.11. The standard InChI is InChI=1S/C16H17N3/c1-12-18-15-8-4-5-9-16(15)19(12)11-14-7-3-2-6-13(14)10-17/h2-3,6-7H,4-5,8-9,11H2,1H3. The largest absolute Gasteiger partial charge is 0.328 e. The second-order valence-electron chi connectivity index (χ2n) is 5.11. The molecular weight excluding hydrogens is 234 g/mol. The topological polar surface area (TPSA) is 41.6 Å². The van der Waals surface area contributed by atoms with E-state index in [9.17, 15) is 5.26 Å². The predicted octanol–water partition coefficient (Wildman–Crippen LogP) is 2.99. The Labute approximate surface area is 113 Å². The van der Waals surface area contributed by atoms with Crippen LogP contribution in [-0.4, -0.2) is 9.55 Å². The molecule has 96 valence electrons. The van der Waals surface area contributed by atoms with Crippen LogP contribution in [0.25, 0.3) is 0 Å². The number of rotatable bonds is 2. The molecule has 0 aliphatic heterocycles. The average molecular weight is 251 g/mol. The molecule has 0 atom stereocenters. The molecule has 1 heterocycles. The van der Waals surface area contributed by atoms with E-state index in [0.29, 0.717) is 0 Å². The highest BCUT2D eigenvalue weighted by molar-refractivity contribution is 5.38. The minimum atomic E-state index is 0.762. The van der Waals surface area contributed by atoms with Gasteiger partial charge < -0.3 is 4.57 Å². The minimum absolute atomic E-state index is 0.762. The smallest absolute Gasteiger partial charge is 0.106 e. The second kappa shape index (κ2) is 4.89. The number of imidazole rings is 1. The molecule has 1 aliphatic carbocycles. The van der Waals surface area contributed by atoms with Crippen molar-refractivity contribution in [2.24, 2.45) is 0 Å². The van der Waals surface area contributed by atoms with Crippen molar-refractivity contribution in [1.29, 1.82) is 5.26 Å². The summed E-state index contributed by atoms with van der Waals surface area (Å²) in [5.41, 5.74) is 4.48. The van der Waals surface area contributed by atoms with Gasteiger partial charge in [0.1, 0.15) is 5.82 Å². The Balaban J connectivity index is 2.00. The summed E-state index contributed by atoms with van der Waals surface area (Å²) in [7, 11) is 0. The molecule has 1 aromatic heterocycles. The molecule has 1 aliphatic rings. The van der Waals surface area contributed by atoms with Gasteiger partial charge in [-0.05, 0) is 44.2 Å². The van der Waals surface area contributed by atoms with E-state index in [1.165, 1.54) is 24.2 Å². The van der Waals surface area contributed by atoms with E-state index >= 15 is 0 Å². The third-order valence-electron chi connectivity index (χ3n) is 3.89. The van der Waals surface area contributed by atoms with Gasteiger partial charge in [0.05, 0.1) is 23.9 Å². The first kappa shape index (κ1) is 12.0. The third-order valence-corrected chi connectivity index (χ3v) is 3.89. The van der Waals surface area contributed by atoms with Crippen LogP contribution in [-0.2, 0) is 19.4 Å². The molecule has 0 fully saturated rings. The van der Waals surface area contributed by atoms with Gasteiger partial charge in [0.15, 0.2) is 0 Å². The molecule has 0 N–H and O–H groups in total. The van der Waals surface area contributed by atoms with Crippen LogP contribution in [0.2, 0.25) is 0 Å². The van der Waals surface area contributed by atoms with Gasteiger partial charge in [-0.2, -0.15) is 5.26 Å². The van der Waals surface area contributed by atoms with Crippen molar-refractivity contribution in [3.05, 3.63) is 52.6 Å². The summed E-state index contributed by atoms with van der Waals surface area (Å²) in [5.74, 6) is 1.07. The monoisotopic (exact) mass is 251 g/mol. The van der Waals surface area contributed by atoms with E-state index in [1.54, 1.807) is 0 Å². The molecule has 1 aromatic carbocycles. The normalized spacial score (nSPS) is 13.9. The van der Waals surface area contributed by atoms with Gasteiger partial charge >= 0.3 is 0 Å². The van der Waals surface area contributed by atoms with Crippen LogP contribution >= 0.6 is 0 Å². The average Bonchev–Trinajstić information content (AvgIpc) is 2.76. The lowest BCUT2D eigenvalue weighted by Crippen LogP contribution is -2.11. The molecule has 0 spiro atoms. The molecule has 0 radical (unpaired) electrons. The van der Waals surface area contributed by atoms with Gasteiger partial charge in [-0.15, -0.1) is 0 Å². The zero-order valence-corrected chi connectivity index (χ0v) is 11.2. The summed E-state index contributed by atoms with van der Waals surface area (Å²) in [6.45, 7) is 2.82. The van der Waals surface area contributed by atoms with Gasteiger partial charge in [0, 0.05) is 5.69 Å². The van der Waals surface area contributed by atoms with Gasteiger partial charge in [-0.1, -0.05) is 18.2 Å². The first-order chi connectivity index (χ1) is 9.29. The van der Waals surface area contributed by atoms with Crippen molar-refractivity contribution in [3.8, 4) is 6.07 Å². The lowest BCUT2D eigenvalue weighted by atomic mass is 10.0. The van der Waals surface area contributed by atoms with Crippen LogP contribution in [0.1, 0.15) is 41.2 Å². The van der Waals surface area contributed by atoms with E-state index in [1.807, 2.05) is 24.3 Å². The zero-order chi connectivity index (χ0) is 13.2. The van der Waals surface area contributed by atoms with E-state index in [4.69, 9.17) is 0 Å². The first-order valence-electron chi connectivity index (χ1n) is 6.82. The Morgan fingerprint density at radius 2 is 2.05 bits per heavy atom. The van der Waals surface area contributed by atoms with Crippen LogP contribution in [0, 0.1) is 18.3 Å². The molecule has 2 aromatic rings. The first-order valence-corrected chi connectivity index (χ1v) is 6.82. The summed E-state index contributed by atoms with van der Waals surface area (Å²) in [6.07, 6.45) is 4.71. The van der Waals surface area contributed by atoms with Crippen molar-refractivity contribution < 1.29 is 0 Å². The fourth-order valence-electron chi connectivity index (χ4n) is 2.88. The van der Waals surface area contributed by atoms with Gasteiger partial charge in [-0.25, -0.2) is 4.98 Å². The van der Waals surface area contributed by atoms with E-state index < -0.39 is 0 Å². The minimum Gasteiger partial charge on any atom is -0.328 e. The number of hydrogen-bond donors (Lipinski definition) is 0. The van der Waals surface area contributed by atoms with Gasteiger partial charge in [-0.3, -0.25) is 0 Å². The highest BCUT2D eigenvalue weighted by Crippen LogP contribution is 2.23. The number of benzene rings is 1. The summed E-state index contributed by atoms with van der Waals surface area (Å²) in [4.78, 5) is 4.68. The number of aryl methyl sites for hydroxylation is 2. The number of hydrogen-bond acceptors (Lipinski definition) is 2. The van der Waals surface area contributed by atoms with Crippen LogP contribution < -0.4 is 0 Å². The number of aromatic nitrogens is 2. The van der Waals surface area contributed by atoms with Crippen molar-refractivity contribution >= 4 is 0 Å². The van der Waals surface area contributed by atoms with Crippen LogP contribution in [0.5, 0.6) is 0 Å². The fourth-order valence-corrected chi connectivity index (χ4v) is 2.88. The number of nitrogens with zero attached hydrogens (tertiary/aromatic N) is 3. The van der Waals surface area contributed by atoms with Crippen molar-refractivity contribution in [1.82, 2.24) is 9.55 Å². The highest BCUT2D eigenvalue weighted by Gasteiger charge is 2.18. The maximum absolute atomic E-state index is 9.18. The summed E-state index contributed by atoms with van der Waals surface area (Å²) in [6, 6.07) is 10.1. The Kier molecular flexibility index (Phi) is 3.08. The maximum Gasteiger partial charge on any atom is 0.106 e. The molecule has 0 bridgehead atoms. The molecule has 0 saturated carbocycles. The van der Waals surface area contributed by atoms with Gasteiger partial charge in [0.2, 0.25) is 0 Å². The highest BCUT2D eigenvalue weighted by atomic mass is 15.1. The number of fused-ring (bicyclic) bond motifs is 1. The third kappa shape index (κ3) is 2.15. The Morgan fingerprint density at radius 1 is 1.26 bits per heavy atom. The quantitative estimate of drug-likeness (QED) is 0.823. The van der Waals surface area contributed by atoms with Gasteiger partial charge in [0.25, 0.3) is 0 Å². The molecule has 0 unspecified atom stereocenters. The SMILES string of the molecule is Cc1nc2c(n1Cc1ccccc1C#N)CCCC2. The van der Waals surface area contributed by atoms with Crippen LogP contribution in [0.4, 0.5) is 0 Å². The van der Waals surface area contributed by atoms with Crippen molar-refractivity contribution in [2.75, 3.05) is 0 Å². The molecule has 3 heteroatoms. The maximum atomic E-state index is 9.18. The zero-order valence-electron chi connectivity index (χ0n) is 11.2. The lowest BCUT2D eigenvalue weighted by molar-refractivity contribution is 0.624. The Bertz CT molecular complexity index is 646. The van der Waals surface area contributed by atoms with E-state index in [0.717, 1.165) is 36.3 Å². The molecular formula is C16H17N3. The number of nitriles is 1. The summed E-state index contributed by atoms with van der Waals surface area (Å²) >= 11 is 0. The van der Waals surface area contributed by atoms with E-state index in [2.05, 4.69) is 22.5 Å². The van der Waals surface area contributed by atoms with Crippen LogP contribution in [0.3, 0.4) is 0 Å². The predicted molar refractivity (Wildman–Crippen MR) is 73.9 cm³/mol. The van der Waals surface area contributed by atoms with Crippen molar-refractivity contribution in [3.63, 3.8) is 0 Å². The molecule has 3 rings (SSSR count). The van der Waals surface area contributed by atoms with Crippen molar-refractivity contribution in [2.45, 2.75) is 39.2 Å². The molecule has 3 nitrogen and oxygen atoms in total. The molecule has 19 heavy (non-hydrogen) atoms. The Morgan fingerprint density at radius 3 is 2.89 bits per heavy atom. The van der Waals surface area contributed by atoms with Crippen LogP contribution in [0.15, 0.2) is 24.3 Å². The Hall–Kier alpha value is -2.08. The summed E-state index contributed by atoms with van der Waals surface area (Å²) < 4.78 is 2.28. The summed E-state index contributed by atoms with van der Waals surface area (Å²) in [5, 5.41) is 9.18.